The summed E-state index contributed by atoms with van der Waals surface area (Å²) >= 11 is 1.59. The van der Waals surface area contributed by atoms with Gasteiger partial charge in [-0.15, -0.1) is 11.8 Å². The predicted octanol–water partition coefficient (Wildman–Crippen LogP) is 3.62. The summed E-state index contributed by atoms with van der Waals surface area (Å²) in [6, 6.07) is 8.22. The minimum atomic E-state index is -0.0645. The highest BCUT2D eigenvalue weighted by molar-refractivity contribution is 8.00. The van der Waals surface area contributed by atoms with Crippen LogP contribution in [-0.2, 0) is 4.79 Å². The first-order valence-corrected chi connectivity index (χ1v) is 8.18. The fraction of sp³-hybridized carbons (Fsp3) is 0.562. The van der Waals surface area contributed by atoms with Crippen LogP contribution in [0.5, 0.6) is 5.75 Å². The van der Waals surface area contributed by atoms with Crippen molar-refractivity contribution in [3.63, 3.8) is 0 Å². The monoisotopic (exact) mass is 293 g/mol. The molecular weight excluding hydrogens is 270 g/mol. The molecule has 4 heteroatoms. The van der Waals surface area contributed by atoms with Crippen LogP contribution >= 0.6 is 11.8 Å². The van der Waals surface area contributed by atoms with Crippen LogP contribution < -0.4 is 10.1 Å². The van der Waals surface area contributed by atoms with E-state index in [0.29, 0.717) is 6.04 Å². The Morgan fingerprint density at radius 2 is 1.90 bits per heavy atom. The maximum Gasteiger partial charge on any atom is 0.233 e. The molecule has 1 aliphatic rings. The van der Waals surface area contributed by atoms with Gasteiger partial charge in [0.25, 0.3) is 0 Å². The van der Waals surface area contributed by atoms with Gasteiger partial charge in [0.1, 0.15) is 5.75 Å². The fourth-order valence-corrected chi connectivity index (χ4v) is 3.35. The van der Waals surface area contributed by atoms with Crippen molar-refractivity contribution < 1.29 is 9.53 Å². The number of methoxy groups -OCH3 is 1. The van der Waals surface area contributed by atoms with Gasteiger partial charge in [0.05, 0.1) is 12.4 Å². The molecule has 1 saturated carbocycles. The van der Waals surface area contributed by atoms with Crippen molar-refractivity contribution in [2.24, 2.45) is 0 Å². The van der Waals surface area contributed by atoms with Crippen molar-refractivity contribution in [3.05, 3.63) is 24.3 Å². The number of hydrogen-bond donors (Lipinski definition) is 1. The van der Waals surface area contributed by atoms with Crippen LogP contribution in [0.25, 0.3) is 0 Å². The number of nitrogens with one attached hydrogen (secondary N) is 1. The molecule has 1 aromatic carbocycles. The first-order valence-electron chi connectivity index (χ1n) is 7.30. The summed E-state index contributed by atoms with van der Waals surface area (Å²) in [7, 11) is 1.66. The van der Waals surface area contributed by atoms with Crippen molar-refractivity contribution in [2.45, 2.75) is 55.2 Å². The molecular formula is C16H23NO2S. The van der Waals surface area contributed by atoms with E-state index in [1.165, 1.54) is 19.3 Å². The SMILES string of the molecule is COc1ccc(SC(C)C(=O)NC2CCCCC2)cc1. The Labute approximate surface area is 125 Å². The lowest BCUT2D eigenvalue weighted by molar-refractivity contribution is -0.121. The van der Waals surface area contributed by atoms with E-state index in [4.69, 9.17) is 4.74 Å². The number of amides is 1. The Morgan fingerprint density at radius 1 is 1.25 bits per heavy atom. The molecule has 0 aliphatic heterocycles. The topological polar surface area (TPSA) is 38.3 Å². The van der Waals surface area contributed by atoms with Crippen LogP contribution in [0.2, 0.25) is 0 Å². The minimum absolute atomic E-state index is 0.0645. The van der Waals surface area contributed by atoms with Gasteiger partial charge in [-0.2, -0.15) is 0 Å². The molecule has 0 bridgehead atoms. The smallest absolute Gasteiger partial charge is 0.233 e. The van der Waals surface area contributed by atoms with Crippen LogP contribution in [0.3, 0.4) is 0 Å². The lowest BCUT2D eigenvalue weighted by Crippen LogP contribution is -2.40. The van der Waals surface area contributed by atoms with Crippen LogP contribution in [0.4, 0.5) is 0 Å². The molecule has 1 N–H and O–H groups in total. The molecule has 1 amide bonds. The summed E-state index contributed by atoms with van der Waals surface area (Å²) < 4.78 is 5.13. The van der Waals surface area contributed by atoms with Crippen LogP contribution in [-0.4, -0.2) is 24.3 Å². The molecule has 110 valence electrons. The first-order chi connectivity index (χ1) is 9.69. The maximum atomic E-state index is 12.2. The van der Waals surface area contributed by atoms with E-state index < -0.39 is 0 Å². The van der Waals surface area contributed by atoms with E-state index in [1.54, 1.807) is 18.9 Å². The van der Waals surface area contributed by atoms with Crippen molar-refractivity contribution in [3.8, 4) is 5.75 Å². The molecule has 1 unspecified atom stereocenters. The second kappa shape index (κ2) is 7.58. The van der Waals surface area contributed by atoms with Gasteiger partial charge in [0, 0.05) is 10.9 Å². The minimum Gasteiger partial charge on any atom is -0.497 e. The van der Waals surface area contributed by atoms with Crippen LogP contribution in [0.1, 0.15) is 39.0 Å². The second-order valence-corrected chi connectivity index (χ2v) is 6.69. The number of carbonyl (C=O) groups is 1. The highest BCUT2D eigenvalue weighted by Crippen LogP contribution is 2.26. The zero-order valence-corrected chi connectivity index (χ0v) is 13.0. The first kappa shape index (κ1) is 15.2. The molecule has 1 aliphatic carbocycles. The Kier molecular flexibility index (Phi) is 5.77. The average Bonchev–Trinajstić information content (AvgIpc) is 2.49. The van der Waals surface area contributed by atoms with Gasteiger partial charge >= 0.3 is 0 Å². The Balaban J connectivity index is 1.83. The number of thioether (sulfide) groups is 1. The Hall–Kier alpha value is -1.16. The van der Waals surface area contributed by atoms with Crippen molar-refractivity contribution in [2.75, 3.05) is 7.11 Å². The summed E-state index contributed by atoms with van der Waals surface area (Å²) in [4.78, 5) is 13.3. The van der Waals surface area contributed by atoms with Gasteiger partial charge < -0.3 is 10.1 Å². The fourth-order valence-electron chi connectivity index (χ4n) is 2.48. The largest absolute Gasteiger partial charge is 0.497 e. The molecule has 0 aromatic heterocycles. The second-order valence-electron chi connectivity index (χ2n) is 5.28. The molecule has 1 aromatic rings. The van der Waals surface area contributed by atoms with Gasteiger partial charge in [-0.05, 0) is 44.0 Å². The normalized spacial score (nSPS) is 17.5. The highest BCUT2D eigenvalue weighted by atomic mass is 32.2. The number of rotatable bonds is 5. The molecule has 0 saturated heterocycles. The van der Waals surface area contributed by atoms with E-state index in [-0.39, 0.29) is 11.2 Å². The van der Waals surface area contributed by atoms with Crippen LogP contribution in [0, 0.1) is 0 Å². The molecule has 1 atom stereocenters. The lowest BCUT2D eigenvalue weighted by atomic mass is 9.95. The molecule has 0 radical (unpaired) electrons. The average molecular weight is 293 g/mol. The summed E-state index contributed by atoms with van der Waals surface area (Å²) in [6.07, 6.45) is 6.05. The van der Waals surface area contributed by atoms with E-state index in [9.17, 15) is 4.79 Å². The van der Waals surface area contributed by atoms with E-state index in [2.05, 4.69) is 5.32 Å². The third-order valence-corrected chi connectivity index (χ3v) is 4.81. The lowest BCUT2D eigenvalue weighted by Gasteiger charge is -2.24. The van der Waals surface area contributed by atoms with Crippen molar-refractivity contribution in [1.82, 2.24) is 5.32 Å². The predicted molar refractivity (Wildman–Crippen MR) is 83.3 cm³/mol. The Morgan fingerprint density at radius 3 is 2.50 bits per heavy atom. The summed E-state index contributed by atoms with van der Waals surface area (Å²) in [5.74, 6) is 0.992. The maximum absolute atomic E-state index is 12.2. The highest BCUT2D eigenvalue weighted by Gasteiger charge is 2.20. The Bertz CT molecular complexity index is 427. The van der Waals surface area contributed by atoms with E-state index in [0.717, 1.165) is 23.5 Å². The van der Waals surface area contributed by atoms with E-state index >= 15 is 0 Å². The van der Waals surface area contributed by atoms with E-state index in [1.807, 2.05) is 31.2 Å². The quantitative estimate of drug-likeness (QED) is 0.843. The molecule has 1 fully saturated rings. The van der Waals surface area contributed by atoms with Gasteiger partial charge in [-0.1, -0.05) is 19.3 Å². The third-order valence-electron chi connectivity index (χ3n) is 3.69. The van der Waals surface area contributed by atoms with Crippen molar-refractivity contribution in [1.29, 1.82) is 0 Å². The van der Waals surface area contributed by atoms with Gasteiger partial charge in [0.15, 0.2) is 0 Å². The number of carbonyl (C=O) groups excluding carboxylic acids is 1. The number of ether oxygens (including phenoxy) is 1. The van der Waals surface area contributed by atoms with Crippen molar-refractivity contribution >= 4 is 17.7 Å². The number of benzene rings is 1. The zero-order valence-electron chi connectivity index (χ0n) is 12.2. The summed E-state index contributed by atoms with van der Waals surface area (Å²) in [6.45, 7) is 1.97. The third kappa shape index (κ3) is 4.44. The zero-order chi connectivity index (χ0) is 14.4. The van der Waals surface area contributed by atoms with Crippen LogP contribution in [0.15, 0.2) is 29.2 Å². The van der Waals surface area contributed by atoms with Gasteiger partial charge in [-0.25, -0.2) is 0 Å². The van der Waals surface area contributed by atoms with Gasteiger partial charge in [0.2, 0.25) is 5.91 Å². The molecule has 2 rings (SSSR count). The standard InChI is InChI=1S/C16H23NO2S/c1-12(16(18)17-13-6-4-3-5-7-13)20-15-10-8-14(19-2)9-11-15/h8-13H,3-7H2,1-2H3,(H,17,18). The molecule has 0 heterocycles. The molecule has 0 spiro atoms. The summed E-state index contributed by atoms with van der Waals surface area (Å²) in [5.41, 5.74) is 0. The summed E-state index contributed by atoms with van der Waals surface area (Å²) in [5, 5.41) is 3.11. The van der Waals surface area contributed by atoms with Gasteiger partial charge in [-0.3, -0.25) is 4.79 Å². The molecule has 3 nitrogen and oxygen atoms in total. The molecule has 20 heavy (non-hydrogen) atoms. The number of hydrogen-bond acceptors (Lipinski definition) is 3.